The van der Waals surface area contributed by atoms with Crippen molar-refractivity contribution in [2.75, 3.05) is 12.8 Å². The summed E-state index contributed by atoms with van der Waals surface area (Å²) in [6.45, 7) is 1.14. The lowest BCUT2D eigenvalue weighted by molar-refractivity contribution is -0.141. The molecule has 0 aliphatic carbocycles. The van der Waals surface area contributed by atoms with Gasteiger partial charge in [0.1, 0.15) is 5.69 Å². The van der Waals surface area contributed by atoms with Gasteiger partial charge in [0.05, 0.1) is 5.69 Å². The fourth-order valence-corrected chi connectivity index (χ4v) is 3.10. The number of alkyl halides is 3. The zero-order valence-electron chi connectivity index (χ0n) is 14.3. The van der Waals surface area contributed by atoms with E-state index in [1.54, 1.807) is 18.4 Å². The van der Waals surface area contributed by atoms with Gasteiger partial charge in [-0.1, -0.05) is 42.5 Å². The molecule has 0 bridgehead atoms. The summed E-state index contributed by atoms with van der Waals surface area (Å²) in [5, 5.41) is -0.846. The van der Waals surface area contributed by atoms with Crippen LogP contribution in [0.15, 0.2) is 59.9 Å². The van der Waals surface area contributed by atoms with E-state index in [4.69, 9.17) is 0 Å². The Morgan fingerprint density at radius 2 is 1.85 bits per heavy atom. The minimum atomic E-state index is -4.78. The predicted octanol–water partition coefficient (Wildman–Crippen LogP) is 3.31. The molecule has 0 N–H and O–H groups in total. The minimum absolute atomic E-state index is 0.0910. The molecule has 1 aromatic heterocycles. The van der Waals surface area contributed by atoms with Gasteiger partial charge in [0.25, 0.3) is 0 Å². The van der Waals surface area contributed by atoms with Crippen LogP contribution in [0.4, 0.5) is 13.2 Å². The van der Waals surface area contributed by atoms with Crippen molar-refractivity contribution < 1.29 is 21.6 Å². The molecule has 0 atom stereocenters. The second kappa shape index (κ2) is 7.15. The van der Waals surface area contributed by atoms with Crippen LogP contribution in [-0.2, 0) is 22.6 Å². The van der Waals surface area contributed by atoms with Gasteiger partial charge in [0.2, 0.25) is 15.0 Å². The number of allylic oxidation sites excluding steroid dienone is 2. The number of rotatable bonds is 4. The molecule has 1 aliphatic rings. The summed E-state index contributed by atoms with van der Waals surface area (Å²) >= 11 is 0. The number of halogens is 3. The third kappa shape index (κ3) is 4.73. The second-order valence-corrected chi connectivity index (χ2v) is 8.00. The molecule has 0 spiro atoms. The quantitative estimate of drug-likeness (QED) is 0.744. The van der Waals surface area contributed by atoms with Crippen molar-refractivity contribution in [1.29, 1.82) is 0 Å². The van der Waals surface area contributed by atoms with Crippen LogP contribution in [0.5, 0.6) is 0 Å². The van der Waals surface area contributed by atoms with Crippen molar-refractivity contribution in [3.63, 3.8) is 0 Å². The van der Waals surface area contributed by atoms with Crippen molar-refractivity contribution in [2.24, 2.45) is 0 Å². The molecule has 5 nitrogen and oxygen atoms in total. The van der Waals surface area contributed by atoms with E-state index in [-0.39, 0.29) is 5.69 Å². The first-order valence-corrected chi connectivity index (χ1v) is 9.85. The van der Waals surface area contributed by atoms with Crippen LogP contribution in [0.25, 0.3) is 5.57 Å². The Morgan fingerprint density at radius 1 is 1.15 bits per heavy atom. The summed E-state index contributed by atoms with van der Waals surface area (Å²) < 4.78 is 62.8. The van der Waals surface area contributed by atoms with Crippen LogP contribution >= 0.6 is 0 Å². The summed E-state index contributed by atoms with van der Waals surface area (Å²) in [5.74, 6) is 0. The molecule has 27 heavy (non-hydrogen) atoms. The molecule has 0 radical (unpaired) electrons. The van der Waals surface area contributed by atoms with Gasteiger partial charge < -0.3 is 4.90 Å². The molecule has 1 aliphatic heterocycles. The molecule has 0 amide bonds. The first-order valence-electron chi connectivity index (χ1n) is 7.96. The molecule has 0 unspecified atom stereocenters. The van der Waals surface area contributed by atoms with Crippen molar-refractivity contribution in [2.45, 2.75) is 17.9 Å². The second-order valence-electron chi connectivity index (χ2n) is 6.09. The van der Waals surface area contributed by atoms with Crippen molar-refractivity contribution >= 4 is 15.4 Å². The number of sulfone groups is 1. The Balaban J connectivity index is 2.00. The molecule has 2 heterocycles. The van der Waals surface area contributed by atoms with E-state index in [0.717, 1.165) is 17.9 Å². The molecule has 1 aromatic carbocycles. The molecule has 9 heteroatoms. The summed E-state index contributed by atoms with van der Waals surface area (Å²) in [5.41, 5.74) is 0.0445. The number of hydrogen-bond donors (Lipinski definition) is 0. The highest BCUT2D eigenvalue weighted by Gasteiger charge is 2.35. The number of aromatic nitrogens is 2. The maximum Gasteiger partial charge on any atom is 0.433 e. The van der Waals surface area contributed by atoms with E-state index >= 15 is 0 Å². The summed E-state index contributed by atoms with van der Waals surface area (Å²) in [6, 6.07) is 10.3. The maximum atomic E-state index is 13.1. The first kappa shape index (κ1) is 19.1. The smallest absolute Gasteiger partial charge is 0.369 e. The molecule has 0 saturated carbocycles. The fraction of sp³-hybridized carbons (Fsp3) is 0.222. The molecular formula is C18H16F3N3O2S. The number of benzene rings is 1. The van der Waals surface area contributed by atoms with Crippen LogP contribution < -0.4 is 0 Å². The van der Waals surface area contributed by atoms with E-state index in [9.17, 15) is 21.6 Å². The minimum Gasteiger partial charge on any atom is -0.369 e. The van der Waals surface area contributed by atoms with Gasteiger partial charge in [-0.05, 0) is 11.6 Å². The van der Waals surface area contributed by atoms with Crippen LogP contribution in [0, 0.1) is 0 Å². The summed E-state index contributed by atoms with van der Waals surface area (Å²) in [4.78, 5) is 8.91. The lowest BCUT2D eigenvalue weighted by Crippen LogP contribution is -2.20. The van der Waals surface area contributed by atoms with Crippen molar-refractivity contribution in [3.8, 4) is 0 Å². The topological polar surface area (TPSA) is 63.2 Å². The number of nitrogens with zero attached hydrogens (tertiary/aromatic N) is 3. The van der Waals surface area contributed by atoms with Crippen LogP contribution in [0.1, 0.15) is 17.0 Å². The predicted molar refractivity (Wildman–Crippen MR) is 94.1 cm³/mol. The van der Waals surface area contributed by atoms with Crippen LogP contribution in [-0.4, -0.2) is 36.1 Å². The third-order valence-corrected chi connectivity index (χ3v) is 4.66. The summed E-state index contributed by atoms with van der Waals surface area (Å²) in [7, 11) is -4.00. The molecule has 0 fully saturated rings. The van der Waals surface area contributed by atoms with Crippen molar-refractivity contribution in [1.82, 2.24) is 14.9 Å². The normalized spacial score (nSPS) is 15.0. The van der Waals surface area contributed by atoms with Gasteiger partial charge in [-0.2, -0.15) is 13.2 Å². The third-order valence-electron chi connectivity index (χ3n) is 3.81. The Hall–Kier alpha value is -2.68. The van der Waals surface area contributed by atoms with Gasteiger partial charge in [-0.25, -0.2) is 18.4 Å². The van der Waals surface area contributed by atoms with Crippen LogP contribution in [0.3, 0.4) is 0 Å². The van der Waals surface area contributed by atoms with E-state index in [1.165, 1.54) is 0 Å². The molecule has 2 aromatic rings. The zero-order valence-corrected chi connectivity index (χ0v) is 15.1. The lowest BCUT2D eigenvalue weighted by atomic mass is 10.1. The van der Waals surface area contributed by atoms with Crippen molar-refractivity contribution in [3.05, 3.63) is 71.7 Å². The van der Waals surface area contributed by atoms with Gasteiger partial charge >= 0.3 is 6.18 Å². The average molecular weight is 395 g/mol. The monoisotopic (exact) mass is 395 g/mol. The Kier molecular flexibility index (Phi) is 5.05. The maximum absolute atomic E-state index is 13.1. The Labute approximate surface area is 154 Å². The first-order chi connectivity index (χ1) is 12.6. The van der Waals surface area contributed by atoms with Gasteiger partial charge in [0.15, 0.2) is 0 Å². The zero-order chi connectivity index (χ0) is 19.7. The highest BCUT2D eigenvalue weighted by atomic mass is 32.2. The Bertz CT molecular complexity index is 1000. The largest absolute Gasteiger partial charge is 0.433 e. The van der Waals surface area contributed by atoms with Crippen LogP contribution in [0.2, 0.25) is 0 Å². The van der Waals surface area contributed by atoms with E-state index in [1.807, 2.05) is 35.2 Å². The van der Waals surface area contributed by atoms with E-state index in [0.29, 0.717) is 18.7 Å². The van der Waals surface area contributed by atoms with E-state index in [2.05, 4.69) is 9.97 Å². The van der Waals surface area contributed by atoms with E-state index < -0.39 is 26.9 Å². The number of hydrogen-bond acceptors (Lipinski definition) is 5. The molecule has 0 saturated heterocycles. The highest BCUT2D eigenvalue weighted by molar-refractivity contribution is 7.90. The van der Waals surface area contributed by atoms with Gasteiger partial charge in [-0.15, -0.1) is 0 Å². The summed E-state index contributed by atoms with van der Waals surface area (Å²) in [6.07, 6.45) is 1.07. The fourth-order valence-electron chi connectivity index (χ4n) is 2.57. The average Bonchev–Trinajstić information content (AvgIpc) is 2.61. The van der Waals surface area contributed by atoms with Gasteiger partial charge in [0, 0.05) is 31.1 Å². The SMILES string of the molecule is CS(=O)(=O)c1nc(C2=CN(Cc3ccccc3)CC=C2)cc(C(F)(F)F)n1. The molecule has 142 valence electrons. The highest BCUT2D eigenvalue weighted by Crippen LogP contribution is 2.30. The lowest BCUT2D eigenvalue weighted by Gasteiger charge is -2.23. The Morgan fingerprint density at radius 3 is 2.48 bits per heavy atom. The molecular weight excluding hydrogens is 379 g/mol. The molecule has 3 rings (SSSR count). The van der Waals surface area contributed by atoms with Gasteiger partial charge in [-0.3, -0.25) is 0 Å². The standard InChI is InChI=1S/C18H16F3N3O2S/c1-27(25,26)17-22-15(10-16(23-17)18(19,20)21)14-8-5-9-24(12-14)11-13-6-3-2-4-7-13/h2-8,10,12H,9,11H2,1H3.